The standard InChI is InChI=1S/C13H16N2O5/c16-6-4-10(13(18)19)15-12(17)8-2-1-3-9-11(8)20-7-5-14-9/h1-3,10,14,16H,4-7H2,(H,15,17)(H,18,19)/t10-/m0/s1. The minimum Gasteiger partial charge on any atom is -0.489 e. The van der Waals surface area contributed by atoms with Crippen molar-refractivity contribution in [3.05, 3.63) is 23.8 Å². The lowest BCUT2D eigenvalue weighted by molar-refractivity contribution is -0.139. The molecule has 0 spiro atoms. The van der Waals surface area contributed by atoms with Crippen LogP contribution in [0, 0.1) is 0 Å². The first-order valence-corrected chi connectivity index (χ1v) is 6.27. The number of carboxylic acid groups (broad SMARTS) is 1. The van der Waals surface area contributed by atoms with Crippen molar-refractivity contribution in [1.29, 1.82) is 0 Å². The number of hydrogen-bond acceptors (Lipinski definition) is 5. The number of ether oxygens (including phenoxy) is 1. The molecule has 1 atom stereocenters. The van der Waals surface area contributed by atoms with E-state index in [0.717, 1.165) is 0 Å². The molecule has 4 N–H and O–H groups in total. The van der Waals surface area contributed by atoms with Gasteiger partial charge in [-0.05, 0) is 12.1 Å². The van der Waals surface area contributed by atoms with E-state index >= 15 is 0 Å². The fourth-order valence-corrected chi connectivity index (χ4v) is 1.97. The Morgan fingerprint density at radius 2 is 2.25 bits per heavy atom. The molecule has 1 amide bonds. The Morgan fingerprint density at radius 1 is 1.45 bits per heavy atom. The Bertz CT molecular complexity index is 517. The zero-order valence-corrected chi connectivity index (χ0v) is 10.8. The predicted molar refractivity (Wildman–Crippen MR) is 71.0 cm³/mol. The number of carbonyl (C=O) groups excluding carboxylic acids is 1. The molecule has 0 saturated carbocycles. The summed E-state index contributed by atoms with van der Waals surface area (Å²) in [5.74, 6) is -1.30. The van der Waals surface area contributed by atoms with Gasteiger partial charge < -0.3 is 25.6 Å². The molecule has 0 aromatic heterocycles. The van der Waals surface area contributed by atoms with E-state index in [1.165, 1.54) is 0 Å². The van der Waals surface area contributed by atoms with Gasteiger partial charge in [0.1, 0.15) is 12.6 Å². The van der Waals surface area contributed by atoms with Crippen LogP contribution in [0.5, 0.6) is 5.75 Å². The number of rotatable bonds is 5. The first-order valence-electron chi connectivity index (χ1n) is 6.27. The van der Waals surface area contributed by atoms with E-state index in [1.54, 1.807) is 18.2 Å². The van der Waals surface area contributed by atoms with Crippen molar-refractivity contribution >= 4 is 17.6 Å². The van der Waals surface area contributed by atoms with Crippen LogP contribution in [-0.4, -0.2) is 47.9 Å². The molecule has 108 valence electrons. The van der Waals surface area contributed by atoms with E-state index in [0.29, 0.717) is 24.6 Å². The number of aliphatic hydroxyl groups is 1. The van der Waals surface area contributed by atoms with Gasteiger partial charge in [-0.15, -0.1) is 0 Å². The largest absolute Gasteiger partial charge is 0.489 e. The lowest BCUT2D eigenvalue weighted by atomic mass is 10.1. The van der Waals surface area contributed by atoms with Crippen molar-refractivity contribution in [3.63, 3.8) is 0 Å². The molecule has 0 fully saturated rings. The normalized spacial score (nSPS) is 14.4. The number of aliphatic hydroxyl groups excluding tert-OH is 1. The predicted octanol–water partition coefficient (Wildman–Crippen LogP) is 0.0563. The summed E-state index contributed by atoms with van der Waals surface area (Å²) in [6.07, 6.45) is -0.0464. The van der Waals surface area contributed by atoms with Gasteiger partial charge in [0.25, 0.3) is 5.91 Å². The lowest BCUT2D eigenvalue weighted by Crippen LogP contribution is -2.41. The molecule has 20 heavy (non-hydrogen) atoms. The molecule has 1 aromatic carbocycles. The Balaban J connectivity index is 2.19. The molecule has 1 heterocycles. The van der Waals surface area contributed by atoms with Gasteiger partial charge in [0.05, 0.1) is 11.3 Å². The summed E-state index contributed by atoms with van der Waals surface area (Å²) < 4.78 is 5.46. The summed E-state index contributed by atoms with van der Waals surface area (Å²) >= 11 is 0. The molecule has 0 unspecified atom stereocenters. The Kier molecular flexibility index (Phi) is 4.41. The highest BCUT2D eigenvalue weighted by Gasteiger charge is 2.24. The molecule has 0 bridgehead atoms. The molecule has 1 aliphatic heterocycles. The second-order valence-electron chi connectivity index (χ2n) is 4.33. The molecule has 2 rings (SSSR count). The van der Waals surface area contributed by atoms with Gasteiger partial charge in [-0.25, -0.2) is 4.79 Å². The maximum Gasteiger partial charge on any atom is 0.326 e. The number of fused-ring (bicyclic) bond motifs is 1. The van der Waals surface area contributed by atoms with Crippen molar-refractivity contribution in [3.8, 4) is 5.75 Å². The number of benzene rings is 1. The van der Waals surface area contributed by atoms with Crippen LogP contribution in [0.15, 0.2) is 18.2 Å². The molecule has 0 radical (unpaired) electrons. The van der Waals surface area contributed by atoms with Crippen molar-refractivity contribution < 1.29 is 24.5 Å². The molecule has 7 nitrogen and oxygen atoms in total. The third-order valence-corrected chi connectivity index (χ3v) is 2.94. The van der Waals surface area contributed by atoms with Crippen molar-refractivity contribution in [2.24, 2.45) is 0 Å². The molecule has 7 heteroatoms. The van der Waals surface area contributed by atoms with Crippen LogP contribution in [-0.2, 0) is 4.79 Å². The van der Waals surface area contributed by atoms with Gasteiger partial charge in [-0.1, -0.05) is 6.07 Å². The van der Waals surface area contributed by atoms with Crippen LogP contribution in [0.2, 0.25) is 0 Å². The van der Waals surface area contributed by atoms with E-state index in [2.05, 4.69) is 10.6 Å². The topological polar surface area (TPSA) is 108 Å². The van der Waals surface area contributed by atoms with E-state index in [9.17, 15) is 9.59 Å². The fourth-order valence-electron chi connectivity index (χ4n) is 1.97. The lowest BCUT2D eigenvalue weighted by Gasteiger charge is -2.22. The van der Waals surface area contributed by atoms with Crippen LogP contribution in [0.3, 0.4) is 0 Å². The third-order valence-electron chi connectivity index (χ3n) is 2.94. The van der Waals surface area contributed by atoms with Crippen LogP contribution < -0.4 is 15.4 Å². The number of amides is 1. The van der Waals surface area contributed by atoms with Crippen LogP contribution >= 0.6 is 0 Å². The summed E-state index contributed by atoms with van der Waals surface area (Å²) in [7, 11) is 0. The molecule has 0 aliphatic carbocycles. The van der Waals surface area contributed by atoms with Gasteiger partial charge >= 0.3 is 5.97 Å². The number of carbonyl (C=O) groups is 2. The highest BCUT2D eigenvalue weighted by atomic mass is 16.5. The monoisotopic (exact) mass is 280 g/mol. The SMILES string of the molecule is O=C(N[C@@H](CCO)C(=O)O)c1cccc2c1OCCN2. The van der Waals surface area contributed by atoms with Crippen LogP contribution in [0.1, 0.15) is 16.8 Å². The molecular formula is C13H16N2O5. The summed E-state index contributed by atoms with van der Waals surface area (Å²) in [5, 5.41) is 23.3. The average Bonchev–Trinajstić information content (AvgIpc) is 2.46. The zero-order valence-electron chi connectivity index (χ0n) is 10.8. The Labute approximate surface area is 115 Å². The number of anilines is 1. The summed E-state index contributed by atoms with van der Waals surface area (Å²) in [6.45, 7) is 0.777. The Morgan fingerprint density at radius 3 is 2.95 bits per heavy atom. The van der Waals surface area contributed by atoms with Crippen molar-refractivity contribution in [1.82, 2.24) is 5.32 Å². The first kappa shape index (κ1) is 14.1. The van der Waals surface area contributed by atoms with E-state index in [4.69, 9.17) is 14.9 Å². The fraction of sp³-hybridized carbons (Fsp3) is 0.385. The smallest absolute Gasteiger partial charge is 0.326 e. The number of hydrogen-bond donors (Lipinski definition) is 4. The van der Waals surface area contributed by atoms with Gasteiger partial charge in [-0.2, -0.15) is 0 Å². The second-order valence-corrected chi connectivity index (χ2v) is 4.33. The first-order chi connectivity index (χ1) is 9.63. The van der Waals surface area contributed by atoms with Crippen LogP contribution in [0.25, 0.3) is 0 Å². The minimum atomic E-state index is -1.18. The van der Waals surface area contributed by atoms with Crippen molar-refractivity contribution in [2.75, 3.05) is 25.1 Å². The van der Waals surface area contributed by atoms with Crippen LogP contribution in [0.4, 0.5) is 5.69 Å². The van der Waals surface area contributed by atoms with E-state index in [1.807, 2.05) is 0 Å². The van der Waals surface area contributed by atoms with Gasteiger partial charge in [-0.3, -0.25) is 4.79 Å². The summed E-state index contributed by atoms with van der Waals surface area (Å²) in [4.78, 5) is 23.1. The quantitative estimate of drug-likeness (QED) is 0.607. The van der Waals surface area contributed by atoms with E-state index < -0.39 is 17.9 Å². The third kappa shape index (κ3) is 3.00. The van der Waals surface area contributed by atoms with Gasteiger partial charge in [0, 0.05) is 19.6 Å². The number of carboxylic acids is 1. The van der Waals surface area contributed by atoms with E-state index in [-0.39, 0.29) is 18.6 Å². The molecule has 1 aromatic rings. The minimum absolute atomic E-state index is 0.0464. The van der Waals surface area contributed by atoms with Gasteiger partial charge in [0.2, 0.25) is 0 Å². The summed E-state index contributed by atoms with van der Waals surface area (Å²) in [5.41, 5.74) is 0.983. The van der Waals surface area contributed by atoms with Gasteiger partial charge in [0.15, 0.2) is 5.75 Å². The number of nitrogens with one attached hydrogen (secondary N) is 2. The maximum atomic E-state index is 12.1. The highest BCUT2D eigenvalue weighted by molar-refractivity contribution is 6.00. The molecule has 1 aliphatic rings. The zero-order chi connectivity index (χ0) is 14.5. The Hall–Kier alpha value is -2.28. The summed E-state index contributed by atoms with van der Waals surface area (Å²) in [6, 6.07) is 3.92. The highest BCUT2D eigenvalue weighted by Crippen LogP contribution is 2.31. The number of para-hydroxylation sites is 1. The molecule has 0 saturated heterocycles. The number of aliphatic carboxylic acids is 1. The average molecular weight is 280 g/mol. The van der Waals surface area contributed by atoms with Crippen molar-refractivity contribution in [2.45, 2.75) is 12.5 Å². The second kappa shape index (κ2) is 6.25. The molecular weight excluding hydrogens is 264 g/mol. The maximum absolute atomic E-state index is 12.1.